The molecule has 0 saturated carbocycles. The third kappa shape index (κ3) is 10.9. The molecule has 86 heavy (non-hydrogen) atoms. The molecule has 4 heterocycles. The number of para-hydroxylation sites is 4. The highest BCUT2D eigenvalue weighted by atomic mass is 15.2. The molecule has 0 spiro atoms. The number of nitrogens with zero attached hydrogens (tertiary/aromatic N) is 6. The van der Waals surface area contributed by atoms with Crippen molar-refractivity contribution in [3.63, 3.8) is 0 Å². The average Bonchev–Trinajstić information content (AvgIpc) is 2.94. The summed E-state index contributed by atoms with van der Waals surface area (Å²) in [6, 6.07) is 93.2. The monoisotopic (exact) mass is 1120 g/mol. The summed E-state index contributed by atoms with van der Waals surface area (Å²) in [7, 11) is 4.39. The van der Waals surface area contributed by atoms with E-state index >= 15 is 0 Å². The Morgan fingerprint density at radius 1 is 0.279 bits per heavy atom. The van der Waals surface area contributed by atoms with Gasteiger partial charge in [0.25, 0.3) is 0 Å². The van der Waals surface area contributed by atoms with Gasteiger partial charge in [-0.25, -0.2) is 0 Å². The Kier molecular flexibility index (Phi) is 15.2. The van der Waals surface area contributed by atoms with Crippen LogP contribution in [0.4, 0.5) is 45.5 Å². The Morgan fingerprint density at radius 2 is 0.581 bits per heavy atom. The molecule has 12 aromatic rings. The second kappa shape index (κ2) is 24.3. The molecule has 2 aliphatic heterocycles. The van der Waals surface area contributed by atoms with Gasteiger partial charge in [-0.15, -0.1) is 0 Å². The number of anilines is 8. The van der Waals surface area contributed by atoms with E-state index in [4.69, 9.17) is 0 Å². The zero-order valence-electron chi connectivity index (χ0n) is 49.3. The van der Waals surface area contributed by atoms with E-state index in [2.05, 4.69) is 322 Å². The van der Waals surface area contributed by atoms with E-state index in [0.29, 0.717) is 0 Å². The summed E-state index contributed by atoms with van der Waals surface area (Å²) in [4.78, 5) is 9.74. The summed E-state index contributed by atoms with van der Waals surface area (Å²) in [5.74, 6) is 0. The lowest BCUT2D eigenvalue weighted by Crippen LogP contribution is -2.29. The molecule has 6 heteroatoms. The van der Waals surface area contributed by atoms with E-state index in [1.54, 1.807) is 0 Å². The van der Waals surface area contributed by atoms with Crippen LogP contribution in [0.15, 0.2) is 255 Å². The molecular weight excluding hydrogens is 1040 g/mol. The lowest BCUT2D eigenvalue weighted by Gasteiger charge is -2.28. The summed E-state index contributed by atoms with van der Waals surface area (Å²) in [6.45, 7) is 4.57. The Hall–Kier alpha value is -10.0. The first kappa shape index (κ1) is 53.9. The maximum absolute atomic E-state index is 2.53. The molecule has 14 rings (SSSR count). The third-order valence-electron chi connectivity index (χ3n) is 17.8. The smallest absolute Gasteiger partial charge is 0.0562 e. The van der Waals surface area contributed by atoms with Gasteiger partial charge >= 0.3 is 0 Å². The van der Waals surface area contributed by atoms with Crippen LogP contribution < -0.4 is 19.6 Å². The summed E-state index contributed by atoms with van der Waals surface area (Å²) in [6.07, 6.45) is 16.9. The van der Waals surface area contributed by atoms with Crippen LogP contribution in [0.1, 0.15) is 60.8 Å². The fraction of sp³-hybridized carbons (Fsp3) is 0.150. The maximum Gasteiger partial charge on any atom is 0.0562 e. The van der Waals surface area contributed by atoms with Crippen molar-refractivity contribution in [1.82, 2.24) is 9.13 Å². The van der Waals surface area contributed by atoms with Gasteiger partial charge in [0.15, 0.2) is 0 Å². The van der Waals surface area contributed by atoms with Crippen LogP contribution in [-0.2, 0) is 14.1 Å². The first-order valence-electron chi connectivity index (χ1n) is 30.8. The topological polar surface area (TPSA) is 22.8 Å². The maximum atomic E-state index is 2.53. The molecule has 422 valence electrons. The molecule has 10 aromatic carbocycles. The molecule has 2 aliphatic rings. The van der Waals surface area contributed by atoms with Crippen LogP contribution >= 0.6 is 0 Å². The molecule has 2 saturated heterocycles. The summed E-state index contributed by atoms with van der Waals surface area (Å²) < 4.78 is 4.70. The SMILES string of the molecule is Cn1c(-c2ccc(N3CCCCC3)cc2)c(C=Cc2ccc(N(c3ccccc3)c3ccc(-c4ccc(N(c5ccccc5)c5ccc(C=Cc6c(-c7ccc(N8CCCCC8)cc7)n(C)c7ccccc67)cc5)cc4)cc3)cc2)c2ccccc21. The molecule has 0 atom stereocenters. The van der Waals surface area contributed by atoms with Gasteiger partial charge in [0, 0.05) is 119 Å². The first-order chi connectivity index (χ1) is 42.5. The van der Waals surface area contributed by atoms with Gasteiger partial charge in [0.1, 0.15) is 0 Å². The highest BCUT2D eigenvalue weighted by Gasteiger charge is 2.20. The van der Waals surface area contributed by atoms with Gasteiger partial charge in [0.05, 0.1) is 11.4 Å². The Bertz CT molecular complexity index is 4030. The lowest BCUT2D eigenvalue weighted by atomic mass is 10.0. The molecular formula is C80H72N6. The van der Waals surface area contributed by atoms with Crippen LogP contribution in [0.2, 0.25) is 0 Å². The molecule has 2 aromatic heterocycles. The molecule has 0 amide bonds. The number of fused-ring (bicyclic) bond motifs is 2. The van der Waals surface area contributed by atoms with Gasteiger partial charge < -0.3 is 28.7 Å². The van der Waals surface area contributed by atoms with Gasteiger partial charge in [-0.3, -0.25) is 0 Å². The van der Waals surface area contributed by atoms with Gasteiger partial charge in [-0.1, -0.05) is 170 Å². The summed E-state index contributed by atoms with van der Waals surface area (Å²) >= 11 is 0. The number of benzene rings is 10. The predicted octanol–water partition coefficient (Wildman–Crippen LogP) is 20.9. The fourth-order valence-corrected chi connectivity index (χ4v) is 13.3. The molecule has 0 unspecified atom stereocenters. The molecule has 0 aliphatic carbocycles. The van der Waals surface area contributed by atoms with E-state index in [1.165, 1.54) is 105 Å². The third-order valence-corrected chi connectivity index (χ3v) is 17.8. The standard InChI is InChI=1S/C80H72N6/c1-81-77-25-13-11-23-73(77)75(79(81)63-37-45-65(46-38-63)83-55-15-5-16-56-83)53-31-59-27-41-69(42-28-59)85(67-19-7-3-8-20-67)71-49-33-61(34-50-71)62-35-51-72(52-36-62)86(68-21-9-4-10-22-68)70-43-29-60(30-44-70)32-54-76-74-24-12-14-26-78(74)82(2)80(76)64-39-47-66(48-40-64)84-57-17-6-18-58-84/h3-4,7-14,19-54H,5-6,15-18,55-58H2,1-2H3. The number of hydrogen-bond acceptors (Lipinski definition) is 4. The van der Waals surface area contributed by atoms with E-state index in [9.17, 15) is 0 Å². The van der Waals surface area contributed by atoms with E-state index in [-0.39, 0.29) is 0 Å². The molecule has 0 bridgehead atoms. The first-order valence-corrected chi connectivity index (χ1v) is 30.8. The van der Waals surface area contributed by atoms with Crippen LogP contribution in [-0.4, -0.2) is 35.3 Å². The molecule has 2 fully saturated rings. The minimum absolute atomic E-state index is 1.09. The van der Waals surface area contributed by atoms with Gasteiger partial charge in [-0.2, -0.15) is 0 Å². The van der Waals surface area contributed by atoms with Crippen molar-refractivity contribution in [2.45, 2.75) is 38.5 Å². The van der Waals surface area contributed by atoms with Crippen LogP contribution in [0.25, 0.3) is 79.8 Å². The predicted molar refractivity (Wildman–Crippen MR) is 368 cm³/mol. The normalized spacial score (nSPS) is 13.8. The number of hydrogen-bond donors (Lipinski definition) is 0. The van der Waals surface area contributed by atoms with Crippen molar-refractivity contribution in [1.29, 1.82) is 0 Å². The Labute approximate surface area is 507 Å². The summed E-state index contributed by atoms with van der Waals surface area (Å²) in [5.41, 5.74) is 23.7. The minimum atomic E-state index is 1.09. The van der Waals surface area contributed by atoms with Crippen molar-refractivity contribution >= 4 is 91.6 Å². The minimum Gasteiger partial charge on any atom is -0.372 e. The Morgan fingerprint density at radius 3 is 0.942 bits per heavy atom. The molecule has 6 nitrogen and oxygen atoms in total. The molecule has 0 radical (unpaired) electrons. The highest BCUT2D eigenvalue weighted by Crippen LogP contribution is 2.41. The second-order valence-corrected chi connectivity index (χ2v) is 23.2. The van der Waals surface area contributed by atoms with Crippen LogP contribution in [0.3, 0.4) is 0 Å². The molecule has 0 N–H and O–H groups in total. The number of aromatic nitrogens is 2. The Balaban J connectivity index is 0.700. The van der Waals surface area contributed by atoms with Gasteiger partial charge in [-0.05, 0) is 181 Å². The van der Waals surface area contributed by atoms with E-state index in [1.807, 2.05) is 0 Å². The number of aryl methyl sites for hydroxylation is 2. The van der Waals surface area contributed by atoms with Crippen molar-refractivity contribution in [3.8, 4) is 33.6 Å². The fourth-order valence-electron chi connectivity index (χ4n) is 13.3. The van der Waals surface area contributed by atoms with E-state index < -0.39 is 0 Å². The van der Waals surface area contributed by atoms with Crippen molar-refractivity contribution in [3.05, 3.63) is 277 Å². The largest absolute Gasteiger partial charge is 0.372 e. The summed E-state index contributed by atoms with van der Waals surface area (Å²) in [5, 5.41) is 2.51. The average molecular weight is 1120 g/mol. The zero-order chi connectivity index (χ0) is 57.8. The highest BCUT2D eigenvalue weighted by molar-refractivity contribution is 6.01. The van der Waals surface area contributed by atoms with Crippen molar-refractivity contribution in [2.75, 3.05) is 45.8 Å². The van der Waals surface area contributed by atoms with Crippen molar-refractivity contribution < 1.29 is 0 Å². The number of piperidine rings is 2. The lowest BCUT2D eigenvalue weighted by molar-refractivity contribution is 0.578. The zero-order valence-corrected chi connectivity index (χ0v) is 49.3. The number of rotatable bonds is 15. The van der Waals surface area contributed by atoms with Crippen molar-refractivity contribution in [2.24, 2.45) is 14.1 Å². The van der Waals surface area contributed by atoms with Crippen LogP contribution in [0.5, 0.6) is 0 Å². The van der Waals surface area contributed by atoms with E-state index in [0.717, 1.165) is 82.6 Å². The van der Waals surface area contributed by atoms with Gasteiger partial charge in [0.2, 0.25) is 0 Å². The van der Waals surface area contributed by atoms with Crippen LogP contribution in [0, 0.1) is 0 Å². The second-order valence-electron chi connectivity index (χ2n) is 23.2. The quantitative estimate of drug-likeness (QED) is 0.102.